The minimum absolute atomic E-state index is 0.00118. The maximum Gasteiger partial charge on any atom is 0.307 e. The second-order valence-corrected chi connectivity index (χ2v) is 3.67. The number of carbonyl (C=O) groups excluding carboxylic acids is 1. The zero-order chi connectivity index (χ0) is 11.7. The first kappa shape index (κ1) is 10.4. The molecule has 0 saturated heterocycles. The molecule has 2 aromatic rings. The Bertz CT molecular complexity index is 569. The number of hydrogen-bond donors (Lipinski definition) is 1. The van der Waals surface area contributed by atoms with E-state index in [1.807, 2.05) is 6.07 Å². The Labute approximate surface area is 92.1 Å². The van der Waals surface area contributed by atoms with E-state index < -0.39 is 5.97 Å². The van der Waals surface area contributed by atoms with Gasteiger partial charge in [0.15, 0.2) is 0 Å². The van der Waals surface area contributed by atoms with Crippen molar-refractivity contribution in [3.63, 3.8) is 0 Å². The highest BCUT2D eigenvalue weighted by molar-refractivity contribution is 5.92. The normalized spacial score (nSPS) is 10.6. The lowest BCUT2D eigenvalue weighted by atomic mass is 10.1. The summed E-state index contributed by atoms with van der Waals surface area (Å²) in [6.45, 7) is 1.49. The molecule has 2 rings (SSSR count). The van der Waals surface area contributed by atoms with E-state index in [1.165, 1.54) is 6.92 Å². The Hall–Kier alpha value is -2.10. The Balaban J connectivity index is 2.49. The molecule has 0 fully saturated rings. The zero-order valence-electron chi connectivity index (χ0n) is 8.80. The van der Waals surface area contributed by atoms with Crippen molar-refractivity contribution >= 4 is 22.8 Å². The van der Waals surface area contributed by atoms with Crippen LogP contribution in [-0.2, 0) is 11.2 Å². The first-order chi connectivity index (χ1) is 7.58. The van der Waals surface area contributed by atoms with Gasteiger partial charge < -0.3 is 5.11 Å². The van der Waals surface area contributed by atoms with Gasteiger partial charge in [0, 0.05) is 18.5 Å². The molecule has 4 heteroatoms. The van der Waals surface area contributed by atoms with Gasteiger partial charge in [-0.1, -0.05) is 6.07 Å². The van der Waals surface area contributed by atoms with Gasteiger partial charge in [-0.15, -0.1) is 0 Å². The highest BCUT2D eigenvalue weighted by atomic mass is 16.4. The van der Waals surface area contributed by atoms with Crippen LogP contribution in [-0.4, -0.2) is 21.6 Å². The van der Waals surface area contributed by atoms with Crippen LogP contribution >= 0.6 is 0 Å². The molecule has 1 N–H and O–H groups in total. The monoisotopic (exact) mass is 217 g/mol. The number of carbonyl (C=O) groups is 2. The average Bonchev–Trinajstić information content (AvgIpc) is 2.59. The largest absolute Gasteiger partial charge is 0.481 e. The number of hydrogen-bond acceptors (Lipinski definition) is 2. The predicted molar refractivity (Wildman–Crippen MR) is 59.6 cm³/mol. The Kier molecular flexibility index (Phi) is 2.48. The smallest absolute Gasteiger partial charge is 0.307 e. The molecular formula is C12H11NO3. The van der Waals surface area contributed by atoms with Crippen molar-refractivity contribution in [3.05, 3.63) is 36.0 Å². The minimum Gasteiger partial charge on any atom is -0.481 e. The summed E-state index contributed by atoms with van der Waals surface area (Å²) < 4.78 is 1.54. The van der Waals surface area contributed by atoms with Gasteiger partial charge in [0.05, 0.1) is 11.9 Å². The van der Waals surface area contributed by atoms with Crippen molar-refractivity contribution in [3.8, 4) is 0 Å². The molecule has 4 nitrogen and oxygen atoms in total. The van der Waals surface area contributed by atoms with Crippen molar-refractivity contribution in [2.75, 3.05) is 0 Å². The van der Waals surface area contributed by atoms with Crippen molar-refractivity contribution in [2.24, 2.45) is 0 Å². The summed E-state index contributed by atoms with van der Waals surface area (Å²) in [5, 5.41) is 9.56. The van der Waals surface area contributed by atoms with Crippen LogP contribution in [0.5, 0.6) is 0 Å². The van der Waals surface area contributed by atoms with E-state index >= 15 is 0 Å². The van der Waals surface area contributed by atoms with Gasteiger partial charge in [-0.3, -0.25) is 14.2 Å². The first-order valence-electron chi connectivity index (χ1n) is 4.90. The van der Waals surface area contributed by atoms with Gasteiger partial charge in [-0.2, -0.15) is 0 Å². The molecule has 0 aliphatic heterocycles. The number of aromatic nitrogens is 1. The molecule has 82 valence electrons. The SMILES string of the molecule is CC(=O)n1ccc2cc(CC(=O)O)ccc21. The summed E-state index contributed by atoms with van der Waals surface area (Å²) in [7, 11) is 0. The predicted octanol–water partition coefficient (Wildman–Crippen LogP) is 1.93. The van der Waals surface area contributed by atoms with Crippen molar-refractivity contribution < 1.29 is 14.7 Å². The van der Waals surface area contributed by atoms with Gasteiger partial charge in [-0.25, -0.2) is 0 Å². The van der Waals surface area contributed by atoms with E-state index in [0.29, 0.717) is 0 Å². The Morgan fingerprint density at radius 1 is 1.31 bits per heavy atom. The fourth-order valence-electron chi connectivity index (χ4n) is 1.75. The standard InChI is InChI=1S/C12H11NO3/c1-8(14)13-5-4-10-6-9(7-12(15)16)2-3-11(10)13/h2-6H,7H2,1H3,(H,15,16). The molecule has 0 radical (unpaired) electrons. The molecular weight excluding hydrogens is 206 g/mol. The van der Waals surface area contributed by atoms with Crippen molar-refractivity contribution in [1.82, 2.24) is 4.57 Å². The van der Waals surface area contributed by atoms with Crippen LogP contribution in [0, 0.1) is 0 Å². The third kappa shape index (κ3) is 1.82. The summed E-state index contributed by atoms with van der Waals surface area (Å²) in [6.07, 6.45) is 1.69. The van der Waals surface area contributed by atoms with Crippen LogP contribution in [0.3, 0.4) is 0 Å². The molecule has 0 bridgehead atoms. The molecule has 0 amide bonds. The molecule has 1 heterocycles. The fraction of sp³-hybridized carbons (Fsp3) is 0.167. The molecule has 0 aliphatic rings. The summed E-state index contributed by atoms with van der Waals surface area (Å²) in [5.41, 5.74) is 1.54. The van der Waals surface area contributed by atoms with Crippen LogP contribution in [0.2, 0.25) is 0 Å². The fourth-order valence-corrected chi connectivity index (χ4v) is 1.75. The van der Waals surface area contributed by atoms with Crippen molar-refractivity contribution in [2.45, 2.75) is 13.3 Å². The van der Waals surface area contributed by atoms with Crippen LogP contribution < -0.4 is 0 Å². The van der Waals surface area contributed by atoms with Gasteiger partial charge in [0.2, 0.25) is 5.91 Å². The molecule has 0 saturated carbocycles. The number of rotatable bonds is 2. The summed E-state index contributed by atoms with van der Waals surface area (Å²) in [4.78, 5) is 21.8. The highest BCUT2D eigenvalue weighted by Gasteiger charge is 2.06. The van der Waals surface area contributed by atoms with E-state index in [9.17, 15) is 9.59 Å². The molecule has 16 heavy (non-hydrogen) atoms. The number of fused-ring (bicyclic) bond motifs is 1. The van der Waals surface area contributed by atoms with Gasteiger partial charge in [-0.05, 0) is 23.8 Å². The lowest BCUT2D eigenvalue weighted by Crippen LogP contribution is -2.03. The molecule has 0 aliphatic carbocycles. The lowest BCUT2D eigenvalue weighted by Gasteiger charge is -2.01. The van der Waals surface area contributed by atoms with Crippen LogP contribution in [0.1, 0.15) is 17.3 Å². The van der Waals surface area contributed by atoms with Crippen LogP contribution in [0.15, 0.2) is 30.5 Å². The van der Waals surface area contributed by atoms with E-state index in [2.05, 4.69) is 0 Å². The van der Waals surface area contributed by atoms with Crippen molar-refractivity contribution in [1.29, 1.82) is 0 Å². The number of aliphatic carboxylic acids is 1. The van der Waals surface area contributed by atoms with E-state index in [0.717, 1.165) is 16.5 Å². The van der Waals surface area contributed by atoms with Crippen LogP contribution in [0.4, 0.5) is 0 Å². The first-order valence-corrected chi connectivity index (χ1v) is 4.90. The van der Waals surface area contributed by atoms with E-state index in [1.54, 1.807) is 29.0 Å². The second-order valence-electron chi connectivity index (χ2n) is 3.67. The summed E-state index contributed by atoms with van der Waals surface area (Å²) in [6, 6.07) is 7.11. The number of carboxylic acid groups (broad SMARTS) is 1. The van der Waals surface area contributed by atoms with E-state index in [4.69, 9.17) is 5.11 Å². The third-order valence-electron chi connectivity index (χ3n) is 2.45. The van der Waals surface area contributed by atoms with Gasteiger partial charge in [0.1, 0.15) is 0 Å². The number of benzene rings is 1. The van der Waals surface area contributed by atoms with Crippen LogP contribution in [0.25, 0.3) is 10.9 Å². The molecule has 0 unspecified atom stereocenters. The zero-order valence-corrected chi connectivity index (χ0v) is 8.80. The highest BCUT2D eigenvalue weighted by Crippen LogP contribution is 2.18. The molecule has 1 aromatic carbocycles. The van der Waals surface area contributed by atoms with Gasteiger partial charge >= 0.3 is 5.97 Å². The quantitative estimate of drug-likeness (QED) is 0.836. The summed E-state index contributed by atoms with van der Waals surface area (Å²) >= 11 is 0. The molecule has 1 aromatic heterocycles. The molecule has 0 spiro atoms. The van der Waals surface area contributed by atoms with Gasteiger partial charge in [0.25, 0.3) is 0 Å². The number of nitrogens with zero attached hydrogens (tertiary/aromatic N) is 1. The maximum atomic E-state index is 11.3. The number of carboxylic acids is 1. The van der Waals surface area contributed by atoms with E-state index in [-0.39, 0.29) is 12.3 Å². The minimum atomic E-state index is -0.856. The topological polar surface area (TPSA) is 59.3 Å². The maximum absolute atomic E-state index is 11.3. The molecule has 0 atom stereocenters. The Morgan fingerprint density at radius 3 is 2.69 bits per heavy atom. The lowest BCUT2D eigenvalue weighted by molar-refractivity contribution is -0.136. The average molecular weight is 217 g/mol. The second kappa shape index (κ2) is 3.81. The summed E-state index contributed by atoms with van der Waals surface area (Å²) in [5.74, 6) is -0.911. The third-order valence-corrected chi connectivity index (χ3v) is 2.45. The Morgan fingerprint density at radius 2 is 2.06 bits per heavy atom.